The molecule has 2 aliphatic rings. The predicted molar refractivity (Wildman–Crippen MR) is 110 cm³/mol. The van der Waals surface area contributed by atoms with Gasteiger partial charge >= 0.3 is 5.97 Å². The van der Waals surface area contributed by atoms with Crippen LogP contribution < -0.4 is 0 Å². The smallest absolute Gasteiger partial charge is 0.337 e. The molecule has 4 atom stereocenters. The van der Waals surface area contributed by atoms with Gasteiger partial charge in [0.1, 0.15) is 6.61 Å². The van der Waals surface area contributed by atoms with Crippen molar-refractivity contribution in [2.24, 2.45) is 11.3 Å². The standard InChI is InChI=1S/C22H41NO6/c1-9-20(7)13-22(27-14-19(5,6)15-28-22)17(4)21(8,10-2)23(20)29-16(3)18(25)26-12-11-24/h16-17,24H,9-15H2,1-8H3. The van der Waals surface area contributed by atoms with Crippen LogP contribution in [-0.4, -0.2) is 65.5 Å². The second-order valence-corrected chi connectivity index (χ2v) is 9.95. The number of hydrogen-bond acceptors (Lipinski definition) is 7. The summed E-state index contributed by atoms with van der Waals surface area (Å²) in [6.07, 6.45) is 1.50. The molecule has 0 amide bonds. The molecule has 7 heteroatoms. The van der Waals surface area contributed by atoms with Crippen LogP contribution in [0, 0.1) is 11.3 Å². The molecule has 7 nitrogen and oxygen atoms in total. The zero-order valence-electron chi connectivity index (χ0n) is 19.5. The molecule has 1 N–H and O–H groups in total. The molecule has 0 bridgehead atoms. The first-order valence-corrected chi connectivity index (χ1v) is 10.9. The van der Waals surface area contributed by atoms with Crippen LogP contribution in [0.25, 0.3) is 0 Å². The largest absolute Gasteiger partial charge is 0.461 e. The molecule has 2 fully saturated rings. The first-order valence-electron chi connectivity index (χ1n) is 10.9. The summed E-state index contributed by atoms with van der Waals surface area (Å²) in [6, 6.07) is 0. The molecule has 0 aromatic heterocycles. The minimum absolute atomic E-state index is 0.00514. The molecule has 29 heavy (non-hydrogen) atoms. The fourth-order valence-corrected chi connectivity index (χ4v) is 4.52. The van der Waals surface area contributed by atoms with E-state index in [9.17, 15) is 4.79 Å². The van der Waals surface area contributed by atoms with Crippen molar-refractivity contribution < 1.29 is 28.9 Å². The van der Waals surface area contributed by atoms with Crippen LogP contribution in [0.3, 0.4) is 0 Å². The van der Waals surface area contributed by atoms with Crippen LogP contribution in [0.4, 0.5) is 0 Å². The number of hydrogen-bond donors (Lipinski definition) is 1. The Morgan fingerprint density at radius 1 is 1.17 bits per heavy atom. The molecule has 0 aliphatic carbocycles. The van der Waals surface area contributed by atoms with Gasteiger partial charge in [0.25, 0.3) is 0 Å². The summed E-state index contributed by atoms with van der Waals surface area (Å²) in [7, 11) is 0. The van der Waals surface area contributed by atoms with Crippen LogP contribution in [-0.2, 0) is 23.8 Å². The van der Waals surface area contributed by atoms with Crippen LogP contribution in [0.15, 0.2) is 0 Å². The van der Waals surface area contributed by atoms with E-state index in [0.29, 0.717) is 19.6 Å². The molecule has 0 radical (unpaired) electrons. The Balaban J connectivity index is 2.34. The van der Waals surface area contributed by atoms with Gasteiger partial charge in [-0.1, -0.05) is 34.6 Å². The van der Waals surface area contributed by atoms with Crippen molar-refractivity contribution >= 4 is 5.97 Å². The van der Waals surface area contributed by atoms with Gasteiger partial charge in [-0.05, 0) is 33.6 Å². The summed E-state index contributed by atoms with van der Waals surface area (Å²) in [5.41, 5.74) is -0.797. The molecule has 2 heterocycles. The molecule has 1 spiro atoms. The molecule has 0 saturated carbocycles. The van der Waals surface area contributed by atoms with Crippen molar-refractivity contribution in [3.05, 3.63) is 0 Å². The fraction of sp³-hybridized carbons (Fsp3) is 0.955. The van der Waals surface area contributed by atoms with Crippen molar-refractivity contribution in [1.29, 1.82) is 0 Å². The van der Waals surface area contributed by atoms with Crippen LogP contribution >= 0.6 is 0 Å². The molecule has 2 aliphatic heterocycles. The monoisotopic (exact) mass is 415 g/mol. The molecule has 2 saturated heterocycles. The fourth-order valence-electron chi connectivity index (χ4n) is 4.52. The molecule has 170 valence electrons. The highest BCUT2D eigenvalue weighted by molar-refractivity contribution is 5.74. The van der Waals surface area contributed by atoms with Crippen LogP contribution in [0.1, 0.15) is 74.7 Å². The van der Waals surface area contributed by atoms with Gasteiger partial charge in [-0.3, -0.25) is 4.84 Å². The van der Waals surface area contributed by atoms with Gasteiger partial charge in [-0.15, -0.1) is 0 Å². The van der Waals surface area contributed by atoms with E-state index < -0.39 is 23.4 Å². The van der Waals surface area contributed by atoms with Crippen molar-refractivity contribution in [2.75, 3.05) is 26.4 Å². The Hall–Kier alpha value is -0.730. The number of rotatable bonds is 7. The van der Waals surface area contributed by atoms with Crippen LogP contribution in [0.5, 0.6) is 0 Å². The number of carbonyl (C=O) groups is 1. The van der Waals surface area contributed by atoms with Gasteiger partial charge in [0.2, 0.25) is 0 Å². The molecule has 4 unspecified atom stereocenters. The maximum Gasteiger partial charge on any atom is 0.337 e. The first kappa shape index (κ1) is 24.5. The van der Waals surface area contributed by atoms with Crippen LogP contribution in [0.2, 0.25) is 0 Å². The summed E-state index contributed by atoms with van der Waals surface area (Å²) >= 11 is 0. The predicted octanol–water partition coefficient (Wildman–Crippen LogP) is 3.29. The van der Waals surface area contributed by atoms with E-state index in [4.69, 9.17) is 24.2 Å². The summed E-state index contributed by atoms with van der Waals surface area (Å²) < 4.78 is 18.0. The quantitative estimate of drug-likeness (QED) is 0.639. The third-order valence-electron chi connectivity index (χ3n) is 7.00. The van der Waals surface area contributed by atoms with E-state index in [1.807, 2.05) is 5.06 Å². The number of carbonyl (C=O) groups excluding carboxylic acids is 1. The summed E-state index contributed by atoms with van der Waals surface area (Å²) in [6.45, 7) is 17.8. The Labute approximate surface area is 176 Å². The topological polar surface area (TPSA) is 77.5 Å². The number of esters is 1. The van der Waals surface area contributed by atoms with E-state index in [1.165, 1.54) is 0 Å². The third kappa shape index (κ3) is 4.64. The van der Waals surface area contributed by atoms with Gasteiger partial charge < -0.3 is 19.3 Å². The Morgan fingerprint density at radius 3 is 2.24 bits per heavy atom. The van der Waals surface area contributed by atoms with Crippen molar-refractivity contribution in [1.82, 2.24) is 5.06 Å². The lowest BCUT2D eigenvalue weighted by atomic mass is 9.67. The zero-order valence-corrected chi connectivity index (χ0v) is 19.5. The molecular formula is C22H41NO6. The van der Waals surface area contributed by atoms with Gasteiger partial charge in [-0.2, -0.15) is 5.06 Å². The average Bonchev–Trinajstić information content (AvgIpc) is 2.69. The number of hydroxylamine groups is 2. The minimum Gasteiger partial charge on any atom is -0.461 e. The van der Waals surface area contributed by atoms with Gasteiger partial charge in [-0.25, -0.2) is 4.79 Å². The second kappa shape index (κ2) is 8.79. The van der Waals surface area contributed by atoms with Crippen molar-refractivity contribution in [3.8, 4) is 0 Å². The highest BCUT2D eigenvalue weighted by Crippen LogP contribution is 2.54. The average molecular weight is 416 g/mol. The second-order valence-electron chi connectivity index (χ2n) is 9.95. The lowest BCUT2D eigenvalue weighted by Crippen LogP contribution is -2.74. The first-order chi connectivity index (χ1) is 13.4. The summed E-state index contributed by atoms with van der Waals surface area (Å²) in [5.74, 6) is -1.13. The van der Waals surface area contributed by atoms with Crippen molar-refractivity contribution in [2.45, 2.75) is 97.6 Å². The van der Waals surface area contributed by atoms with E-state index in [-0.39, 0.29) is 30.1 Å². The lowest BCUT2D eigenvalue weighted by molar-refractivity contribution is -0.412. The third-order valence-corrected chi connectivity index (χ3v) is 7.00. The maximum atomic E-state index is 12.3. The lowest BCUT2D eigenvalue weighted by Gasteiger charge is -2.64. The Bertz CT molecular complexity index is 572. The highest BCUT2D eigenvalue weighted by atomic mass is 16.7. The number of aliphatic hydroxyl groups is 1. The summed E-state index contributed by atoms with van der Waals surface area (Å²) in [4.78, 5) is 18.6. The Kier molecular flexibility index (Phi) is 7.44. The van der Waals surface area contributed by atoms with Gasteiger partial charge in [0, 0.05) is 23.3 Å². The van der Waals surface area contributed by atoms with E-state index in [2.05, 4.69) is 48.5 Å². The van der Waals surface area contributed by atoms with E-state index in [0.717, 1.165) is 12.8 Å². The molecule has 0 aromatic rings. The number of aliphatic hydroxyl groups excluding tert-OH is 1. The van der Waals surface area contributed by atoms with Gasteiger partial charge in [0.05, 0.1) is 25.4 Å². The number of nitrogens with zero attached hydrogens (tertiary/aromatic N) is 1. The Morgan fingerprint density at radius 2 is 1.76 bits per heavy atom. The molecule has 0 aromatic carbocycles. The van der Waals surface area contributed by atoms with Crippen molar-refractivity contribution in [3.63, 3.8) is 0 Å². The highest BCUT2D eigenvalue weighted by Gasteiger charge is 2.63. The molecular weight excluding hydrogens is 374 g/mol. The van der Waals surface area contributed by atoms with E-state index in [1.54, 1.807) is 6.92 Å². The normalized spacial score (nSPS) is 35.4. The zero-order chi connectivity index (χ0) is 22.1. The minimum atomic E-state index is -0.772. The maximum absolute atomic E-state index is 12.3. The SMILES string of the molecule is CCC1(C)CC2(OCC(C)(C)CO2)C(C)C(C)(CC)N1OC(C)C(=O)OCCO. The number of piperidine rings is 1. The molecule has 2 rings (SSSR count). The van der Waals surface area contributed by atoms with E-state index >= 15 is 0 Å². The van der Waals surface area contributed by atoms with Gasteiger partial charge in [0.15, 0.2) is 11.9 Å². The summed E-state index contributed by atoms with van der Waals surface area (Å²) in [5, 5.41) is 10.9. The number of ether oxygens (including phenoxy) is 3.